The van der Waals surface area contributed by atoms with E-state index in [1.165, 1.54) is 31.2 Å². The van der Waals surface area contributed by atoms with Crippen LogP contribution in [-0.2, 0) is 13.1 Å². The summed E-state index contributed by atoms with van der Waals surface area (Å²) in [5.74, 6) is 1.40. The quantitative estimate of drug-likeness (QED) is 0.543. The van der Waals surface area contributed by atoms with Gasteiger partial charge in [-0.25, -0.2) is 4.98 Å². The van der Waals surface area contributed by atoms with Crippen LogP contribution < -0.4 is 10.5 Å². The lowest BCUT2D eigenvalue weighted by Gasteiger charge is -2.45. The predicted molar refractivity (Wildman–Crippen MR) is 134 cm³/mol. The van der Waals surface area contributed by atoms with Crippen molar-refractivity contribution in [1.29, 1.82) is 0 Å². The SMILES string of the molecule is Cc1ccc(N2CN(C3CCCCC3C)Cn3c2nc(C)c(Cc2ccccc2)c3=O)cc1. The predicted octanol–water partition coefficient (Wildman–Crippen LogP) is 5.40. The van der Waals surface area contributed by atoms with E-state index < -0.39 is 0 Å². The molecule has 33 heavy (non-hydrogen) atoms. The van der Waals surface area contributed by atoms with Gasteiger partial charge in [-0.15, -0.1) is 0 Å². The molecule has 2 aromatic carbocycles. The van der Waals surface area contributed by atoms with Gasteiger partial charge in [-0.05, 0) is 50.3 Å². The smallest absolute Gasteiger partial charge is 0.259 e. The normalized spacial score (nSPS) is 21.1. The van der Waals surface area contributed by atoms with Crippen molar-refractivity contribution in [2.45, 2.75) is 65.6 Å². The van der Waals surface area contributed by atoms with Crippen LogP contribution in [0.15, 0.2) is 59.4 Å². The number of aromatic nitrogens is 2. The van der Waals surface area contributed by atoms with Crippen LogP contribution in [0.2, 0.25) is 0 Å². The maximum absolute atomic E-state index is 13.8. The highest BCUT2D eigenvalue weighted by Gasteiger charge is 2.34. The molecule has 0 radical (unpaired) electrons. The molecule has 2 unspecified atom stereocenters. The van der Waals surface area contributed by atoms with E-state index >= 15 is 0 Å². The molecule has 1 aliphatic carbocycles. The van der Waals surface area contributed by atoms with Crippen molar-refractivity contribution in [2.24, 2.45) is 5.92 Å². The zero-order valence-corrected chi connectivity index (χ0v) is 20.0. The third kappa shape index (κ3) is 4.34. The molecule has 0 amide bonds. The third-order valence-electron chi connectivity index (χ3n) is 7.44. The maximum atomic E-state index is 13.8. The van der Waals surface area contributed by atoms with Gasteiger partial charge in [-0.1, -0.05) is 67.8 Å². The van der Waals surface area contributed by atoms with Crippen LogP contribution >= 0.6 is 0 Å². The molecule has 5 heteroatoms. The van der Waals surface area contributed by atoms with E-state index in [0.29, 0.717) is 25.0 Å². The first kappa shape index (κ1) is 21.9. The van der Waals surface area contributed by atoms with Gasteiger partial charge in [0.05, 0.1) is 19.0 Å². The number of anilines is 2. The number of nitrogens with zero attached hydrogens (tertiary/aromatic N) is 4. The molecule has 1 aromatic heterocycles. The van der Waals surface area contributed by atoms with Crippen LogP contribution in [0.3, 0.4) is 0 Å². The molecule has 3 aromatic rings. The highest BCUT2D eigenvalue weighted by atomic mass is 16.1. The van der Waals surface area contributed by atoms with E-state index in [1.54, 1.807) is 0 Å². The van der Waals surface area contributed by atoms with Crippen molar-refractivity contribution in [2.75, 3.05) is 11.6 Å². The highest BCUT2D eigenvalue weighted by Crippen LogP contribution is 2.34. The molecule has 1 saturated carbocycles. The summed E-state index contributed by atoms with van der Waals surface area (Å²) in [5.41, 5.74) is 5.17. The number of hydrogen-bond donors (Lipinski definition) is 0. The summed E-state index contributed by atoms with van der Waals surface area (Å²) < 4.78 is 1.91. The van der Waals surface area contributed by atoms with Gasteiger partial charge < -0.3 is 0 Å². The average Bonchev–Trinajstić information content (AvgIpc) is 2.83. The fourth-order valence-electron chi connectivity index (χ4n) is 5.47. The summed E-state index contributed by atoms with van der Waals surface area (Å²) in [7, 11) is 0. The van der Waals surface area contributed by atoms with Gasteiger partial charge in [-0.2, -0.15) is 0 Å². The topological polar surface area (TPSA) is 41.4 Å². The second-order valence-corrected chi connectivity index (χ2v) is 9.84. The monoisotopic (exact) mass is 442 g/mol. The number of benzene rings is 2. The standard InChI is InChI=1S/C28H34N4O/c1-20-13-15-24(16-14-20)31-18-30(26-12-8-7-9-21(26)2)19-32-27(33)25(22(3)29-28(31)32)17-23-10-5-4-6-11-23/h4-6,10-11,13-16,21,26H,7-9,12,17-19H2,1-3H3. The molecule has 1 aliphatic heterocycles. The minimum absolute atomic E-state index is 0.0895. The van der Waals surface area contributed by atoms with Crippen LogP contribution in [0.1, 0.15) is 55.0 Å². The van der Waals surface area contributed by atoms with Crippen LogP contribution in [0, 0.1) is 19.8 Å². The molecule has 0 saturated heterocycles. The molecule has 2 aliphatic rings. The Kier molecular flexibility index (Phi) is 6.07. The Labute approximate surface area is 196 Å². The molecule has 172 valence electrons. The summed E-state index contributed by atoms with van der Waals surface area (Å²) in [6.07, 6.45) is 5.65. The molecule has 0 bridgehead atoms. The summed E-state index contributed by atoms with van der Waals surface area (Å²) in [6.45, 7) is 7.82. The van der Waals surface area contributed by atoms with Crippen molar-refractivity contribution >= 4 is 11.6 Å². The Morgan fingerprint density at radius 3 is 2.39 bits per heavy atom. The summed E-state index contributed by atoms with van der Waals surface area (Å²) >= 11 is 0. The van der Waals surface area contributed by atoms with E-state index in [0.717, 1.165) is 35.1 Å². The Balaban J connectivity index is 1.59. The van der Waals surface area contributed by atoms with Crippen molar-refractivity contribution in [3.05, 3.63) is 87.3 Å². The van der Waals surface area contributed by atoms with Gasteiger partial charge in [0.25, 0.3) is 5.56 Å². The van der Waals surface area contributed by atoms with Crippen molar-refractivity contribution < 1.29 is 0 Å². The summed E-state index contributed by atoms with van der Waals surface area (Å²) in [4.78, 5) is 23.6. The largest absolute Gasteiger partial charge is 0.298 e. The Bertz CT molecular complexity index is 1170. The van der Waals surface area contributed by atoms with Crippen LogP contribution in [0.4, 0.5) is 11.6 Å². The first-order chi connectivity index (χ1) is 16.0. The number of fused-ring (bicyclic) bond motifs is 1. The van der Waals surface area contributed by atoms with Gasteiger partial charge in [0, 0.05) is 23.7 Å². The molecular formula is C28H34N4O. The molecule has 2 heterocycles. The van der Waals surface area contributed by atoms with Crippen molar-refractivity contribution in [3.8, 4) is 0 Å². The van der Waals surface area contributed by atoms with E-state index in [9.17, 15) is 4.79 Å². The van der Waals surface area contributed by atoms with Crippen LogP contribution in [0.25, 0.3) is 0 Å². The average molecular weight is 443 g/mol. The lowest BCUT2D eigenvalue weighted by Crippen LogP contribution is -2.53. The molecule has 5 nitrogen and oxygen atoms in total. The number of hydrogen-bond acceptors (Lipinski definition) is 4. The highest BCUT2D eigenvalue weighted by molar-refractivity contribution is 5.59. The molecule has 5 rings (SSSR count). The van der Waals surface area contributed by atoms with Crippen LogP contribution in [-0.4, -0.2) is 27.2 Å². The Morgan fingerprint density at radius 2 is 1.67 bits per heavy atom. The molecule has 0 N–H and O–H groups in total. The zero-order valence-electron chi connectivity index (χ0n) is 20.0. The third-order valence-corrected chi connectivity index (χ3v) is 7.44. The van der Waals surface area contributed by atoms with Gasteiger partial charge >= 0.3 is 0 Å². The van der Waals surface area contributed by atoms with E-state index in [2.05, 4.69) is 60.0 Å². The van der Waals surface area contributed by atoms with Crippen LogP contribution in [0.5, 0.6) is 0 Å². The second kappa shape index (κ2) is 9.14. The fourth-order valence-corrected chi connectivity index (χ4v) is 5.47. The van der Waals surface area contributed by atoms with Gasteiger partial charge in [0.1, 0.15) is 0 Å². The van der Waals surface area contributed by atoms with E-state index in [1.807, 2.05) is 29.7 Å². The number of aryl methyl sites for hydroxylation is 2. The van der Waals surface area contributed by atoms with E-state index in [-0.39, 0.29) is 5.56 Å². The maximum Gasteiger partial charge on any atom is 0.259 e. The van der Waals surface area contributed by atoms with Gasteiger partial charge in [0.15, 0.2) is 0 Å². The molecule has 2 atom stereocenters. The zero-order chi connectivity index (χ0) is 22.9. The first-order valence-corrected chi connectivity index (χ1v) is 12.2. The van der Waals surface area contributed by atoms with Gasteiger partial charge in [0.2, 0.25) is 5.95 Å². The number of rotatable bonds is 4. The molecule has 0 spiro atoms. The lowest BCUT2D eigenvalue weighted by atomic mass is 9.85. The van der Waals surface area contributed by atoms with Crippen molar-refractivity contribution in [3.63, 3.8) is 0 Å². The second-order valence-electron chi connectivity index (χ2n) is 9.84. The van der Waals surface area contributed by atoms with E-state index in [4.69, 9.17) is 4.98 Å². The Morgan fingerprint density at radius 1 is 0.939 bits per heavy atom. The minimum Gasteiger partial charge on any atom is -0.298 e. The first-order valence-electron chi connectivity index (χ1n) is 12.2. The Hall–Kier alpha value is -2.92. The lowest BCUT2D eigenvalue weighted by molar-refractivity contribution is 0.0723. The summed E-state index contributed by atoms with van der Waals surface area (Å²) in [5, 5.41) is 0. The summed E-state index contributed by atoms with van der Waals surface area (Å²) in [6, 6.07) is 19.3. The van der Waals surface area contributed by atoms with Crippen molar-refractivity contribution in [1.82, 2.24) is 14.5 Å². The molecule has 1 fully saturated rings. The molecular weight excluding hydrogens is 408 g/mol. The van der Waals surface area contributed by atoms with Gasteiger partial charge in [-0.3, -0.25) is 19.2 Å². The minimum atomic E-state index is 0.0895. The fraction of sp³-hybridized carbons (Fsp3) is 0.429.